The van der Waals surface area contributed by atoms with Gasteiger partial charge in [0.05, 0.1) is 38.3 Å². The average Bonchev–Trinajstić information content (AvgIpc) is 3.31. The minimum atomic E-state index is -3.58. The van der Waals surface area contributed by atoms with Crippen LogP contribution in [0.25, 0.3) is 0 Å². The number of halogens is 1. The summed E-state index contributed by atoms with van der Waals surface area (Å²) in [5, 5.41) is 0. The van der Waals surface area contributed by atoms with Crippen molar-refractivity contribution < 1.29 is 26.8 Å². The number of rotatable bonds is 11. The van der Waals surface area contributed by atoms with E-state index in [-0.39, 0.29) is 43.7 Å². The van der Waals surface area contributed by atoms with Gasteiger partial charge in [0.15, 0.2) is 0 Å². The van der Waals surface area contributed by atoms with Crippen LogP contribution in [0.4, 0.5) is 4.39 Å². The van der Waals surface area contributed by atoms with Crippen molar-refractivity contribution in [3.05, 3.63) is 59.8 Å². The lowest BCUT2D eigenvalue weighted by Gasteiger charge is -2.30. The number of hydrogen-bond donors (Lipinski definition) is 0. The van der Waals surface area contributed by atoms with Gasteiger partial charge in [-0.3, -0.25) is 9.69 Å². The van der Waals surface area contributed by atoms with Crippen LogP contribution in [0.15, 0.2) is 47.1 Å². The number of ether oxygens (including phenoxy) is 1. The average molecular weight is 468 g/mol. The number of carbonyl (C=O) groups excluding carboxylic acids is 1. The molecule has 0 saturated carbocycles. The molecule has 1 fully saturated rings. The lowest BCUT2D eigenvalue weighted by Crippen LogP contribution is -2.47. The lowest BCUT2D eigenvalue weighted by atomic mass is 10.2. The van der Waals surface area contributed by atoms with Crippen LogP contribution in [0.1, 0.15) is 18.2 Å². The summed E-state index contributed by atoms with van der Waals surface area (Å²) in [6, 6.07) is 9.37. The molecule has 0 aliphatic carbocycles. The third-order valence-electron chi connectivity index (χ3n) is 5.41. The van der Waals surface area contributed by atoms with E-state index in [9.17, 15) is 17.6 Å². The van der Waals surface area contributed by atoms with Crippen LogP contribution in [-0.2, 0) is 32.6 Å². The van der Waals surface area contributed by atoms with E-state index in [0.29, 0.717) is 25.5 Å². The molecule has 0 unspecified atom stereocenters. The van der Waals surface area contributed by atoms with Crippen LogP contribution in [0.3, 0.4) is 0 Å². The summed E-state index contributed by atoms with van der Waals surface area (Å²) in [5.74, 6) is -0.205. The second-order valence-corrected chi connectivity index (χ2v) is 9.90. The summed E-state index contributed by atoms with van der Waals surface area (Å²) in [6.45, 7) is 5.19. The van der Waals surface area contributed by atoms with Crippen LogP contribution in [0, 0.1) is 5.82 Å². The smallest absolute Gasteiger partial charge is 0.238 e. The Morgan fingerprint density at radius 1 is 1.12 bits per heavy atom. The Hall–Kier alpha value is -2.27. The van der Waals surface area contributed by atoms with Gasteiger partial charge in [0.1, 0.15) is 11.6 Å². The molecular weight excluding hydrogens is 437 g/mol. The van der Waals surface area contributed by atoms with Gasteiger partial charge in [-0.1, -0.05) is 12.1 Å². The van der Waals surface area contributed by atoms with Crippen molar-refractivity contribution in [3.63, 3.8) is 0 Å². The molecule has 1 saturated heterocycles. The molecule has 1 amide bonds. The largest absolute Gasteiger partial charge is 0.467 e. The SMILES string of the molecule is CCS(=O)(=O)N(CCN1CCOCC1)CC(=O)N(Cc1ccc(F)cc1)Cc1ccco1. The van der Waals surface area contributed by atoms with Gasteiger partial charge in [-0.2, -0.15) is 4.31 Å². The number of hydrogen-bond acceptors (Lipinski definition) is 6. The molecule has 0 atom stereocenters. The van der Waals surface area contributed by atoms with Crippen molar-refractivity contribution in [1.82, 2.24) is 14.1 Å². The molecule has 8 nitrogen and oxygen atoms in total. The van der Waals surface area contributed by atoms with Crippen molar-refractivity contribution in [2.45, 2.75) is 20.0 Å². The molecule has 176 valence electrons. The first kappa shape index (κ1) is 24.4. The zero-order valence-corrected chi connectivity index (χ0v) is 19.1. The summed E-state index contributed by atoms with van der Waals surface area (Å²) < 4.78 is 50.7. The fourth-order valence-corrected chi connectivity index (χ4v) is 4.49. The van der Waals surface area contributed by atoms with E-state index in [1.165, 1.54) is 27.6 Å². The molecule has 0 spiro atoms. The molecule has 10 heteroatoms. The van der Waals surface area contributed by atoms with Crippen molar-refractivity contribution in [2.24, 2.45) is 0 Å². The predicted molar refractivity (Wildman–Crippen MR) is 118 cm³/mol. The van der Waals surface area contributed by atoms with Gasteiger partial charge in [-0.15, -0.1) is 0 Å². The maximum absolute atomic E-state index is 13.3. The van der Waals surface area contributed by atoms with E-state index < -0.39 is 10.0 Å². The van der Waals surface area contributed by atoms with E-state index in [1.807, 2.05) is 0 Å². The van der Waals surface area contributed by atoms with Crippen molar-refractivity contribution in [2.75, 3.05) is 51.7 Å². The zero-order chi connectivity index (χ0) is 23.0. The van der Waals surface area contributed by atoms with Crippen molar-refractivity contribution >= 4 is 15.9 Å². The van der Waals surface area contributed by atoms with Crippen LogP contribution < -0.4 is 0 Å². The number of morpholine rings is 1. The van der Waals surface area contributed by atoms with Gasteiger partial charge in [0.25, 0.3) is 0 Å². The minimum absolute atomic E-state index is 0.0838. The Labute approximate surface area is 188 Å². The summed E-state index contributed by atoms with van der Waals surface area (Å²) in [6.07, 6.45) is 1.52. The molecule has 1 aromatic heterocycles. The summed E-state index contributed by atoms with van der Waals surface area (Å²) >= 11 is 0. The van der Waals surface area contributed by atoms with E-state index in [2.05, 4.69) is 4.90 Å². The molecule has 1 aromatic carbocycles. The molecule has 1 aliphatic heterocycles. The quantitative estimate of drug-likeness (QED) is 0.502. The first-order valence-electron chi connectivity index (χ1n) is 10.7. The minimum Gasteiger partial charge on any atom is -0.467 e. The molecule has 32 heavy (non-hydrogen) atoms. The number of amides is 1. The Kier molecular flexibility index (Phi) is 8.80. The second-order valence-electron chi connectivity index (χ2n) is 7.64. The molecule has 0 bridgehead atoms. The van der Waals surface area contributed by atoms with Gasteiger partial charge < -0.3 is 14.1 Å². The number of sulfonamides is 1. The van der Waals surface area contributed by atoms with Crippen LogP contribution in [-0.4, -0.2) is 80.1 Å². The standard InChI is InChI=1S/C22H30FN3O5S/c1-2-32(28,29)26(10-9-24-11-14-30-15-12-24)18-22(27)25(17-21-4-3-13-31-21)16-19-5-7-20(23)8-6-19/h3-8,13H,2,9-12,14-18H2,1H3. The molecule has 1 aliphatic rings. The van der Waals surface area contributed by atoms with Crippen LogP contribution in [0.2, 0.25) is 0 Å². The van der Waals surface area contributed by atoms with E-state index in [0.717, 1.165) is 18.7 Å². The van der Waals surface area contributed by atoms with E-state index in [1.54, 1.807) is 31.2 Å². The molecular formula is C22H30FN3O5S. The molecule has 2 aromatic rings. The Balaban J connectivity index is 1.72. The number of nitrogens with zero attached hydrogens (tertiary/aromatic N) is 3. The highest BCUT2D eigenvalue weighted by molar-refractivity contribution is 7.89. The van der Waals surface area contributed by atoms with Crippen LogP contribution >= 0.6 is 0 Å². The molecule has 2 heterocycles. The number of furan rings is 1. The van der Waals surface area contributed by atoms with Crippen molar-refractivity contribution in [1.29, 1.82) is 0 Å². The number of carbonyl (C=O) groups is 1. The monoisotopic (exact) mass is 467 g/mol. The predicted octanol–water partition coefficient (Wildman–Crippen LogP) is 1.93. The highest BCUT2D eigenvalue weighted by Crippen LogP contribution is 2.14. The highest BCUT2D eigenvalue weighted by atomic mass is 32.2. The van der Waals surface area contributed by atoms with Gasteiger partial charge >= 0.3 is 0 Å². The highest BCUT2D eigenvalue weighted by Gasteiger charge is 2.27. The third-order valence-corrected chi connectivity index (χ3v) is 7.23. The number of benzene rings is 1. The zero-order valence-electron chi connectivity index (χ0n) is 18.3. The molecule has 3 rings (SSSR count). The van der Waals surface area contributed by atoms with E-state index >= 15 is 0 Å². The Morgan fingerprint density at radius 3 is 2.47 bits per heavy atom. The fourth-order valence-electron chi connectivity index (χ4n) is 3.46. The third kappa shape index (κ3) is 7.13. The lowest BCUT2D eigenvalue weighted by molar-refractivity contribution is -0.133. The topological polar surface area (TPSA) is 83.3 Å². The maximum Gasteiger partial charge on any atom is 0.238 e. The molecule has 0 radical (unpaired) electrons. The van der Waals surface area contributed by atoms with E-state index in [4.69, 9.17) is 9.15 Å². The van der Waals surface area contributed by atoms with Gasteiger partial charge in [0, 0.05) is 32.7 Å². The summed E-state index contributed by atoms with van der Waals surface area (Å²) in [5.41, 5.74) is 0.740. The Morgan fingerprint density at radius 2 is 1.84 bits per heavy atom. The summed E-state index contributed by atoms with van der Waals surface area (Å²) in [4.78, 5) is 16.9. The van der Waals surface area contributed by atoms with Gasteiger partial charge in [-0.25, -0.2) is 12.8 Å². The summed E-state index contributed by atoms with van der Waals surface area (Å²) in [7, 11) is -3.58. The van der Waals surface area contributed by atoms with Crippen LogP contribution in [0.5, 0.6) is 0 Å². The van der Waals surface area contributed by atoms with Crippen molar-refractivity contribution in [3.8, 4) is 0 Å². The Bertz CT molecular complexity index is 944. The van der Waals surface area contributed by atoms with Gasteiger partial charge in [-0.05, 0) is 36.8 Å². The maximum atomic E-state index is 13.3. The normalized spacial score (nSPS) is 15.2. The fraction of sp³-hybridized carbons (Fsp3) is 0.500. The molecule has 0 N–H and O–H groups in total. The van der Waals surface area contributed by atoms with Gasteiger partial charge in [0.2, 0.25) is 15.9 Å². The first-order valence-corrected chi connectivity index (χ1v) is 12.3. The second kappa shape index (κ2) is 11.6. The first-order chi connectivity index (χ1) is 15.4.